The average molecular weight is 285 g/mol. The van der Waals surface area contributed by atoms with Gasteiger partial charge in [-0.05, 0) is 32.0 Å². The third-order valence-corrected chi connectivity index (χ3v) is 4.81. The highest BCUT2D eigenvalue weighted by molar-refractivity contribution is 7.89. The molecule has 1 N–H and O–H groups in total. The van der Waals surface area contributed by atoms with Crippen LogP contribution in [0.3, 0.4) is 0 Å². The fraction of sp³-hybridized carbons (Fsp3) is 1.00. The molecule has 0 aromatic rings. The van der Waals surface area contributed by atoms with E-state index in [9.17, 15) is 8.42 Å². The van der Waals surface area contributed by atoms with Gasteiger partial charge in [0.05, 0.1) is 5.75 Å². The second kappa shape index (κ2) is 9.14. The van der Waals surface area contributed by atoms with Crippen molar-refractivity contribution in [1.29, 1.82) is 0 Å². The second-order valence-corrected chi connectivity index (χ2v) is 6.48. The van der Waals surface area contributed by atoms with Crippen LogP contribution in [-0.2, 0) is 10.0 Å². The molecule has 0 aromatic carbocycles. The number of rotatable bonds is 10. The molecule has 0 aliphatic heterocycles. The third kappa shape index (κ3) is 8.83. The number of nitrogens with one attached hydrogen (secondary N) is 1. The molecule has 4 nitrogen and oxygen atoms in total. The first kappa shape index (κ1) is 17.2. The topological polar surface area (TPSA) is 49.4 Å². The summed E-state index contributed by atoms with van der Waals surface area (Å²) in [4.78, 5) is 2.27. The molecular weight excluding hydrogens is 260 g/mol. The van der Waals surface area contributed by atoms with Gasteiger partial charge in [0.25, 0.3) is 0 Å². The lowest BCUT2D eigenvalue weighted by Crippen LogP contribution is -2.32. The Balaban J connectivity index is 3.80. The molecule has 0 saturated carbocycles. The minimum atomic E-state index is -3.16. The maximum Gasteiger partial charge on any atom is 0.211 e. The maximum atomic E-state index is 11.6. The lowest BCUT2D eigenvalue weighted by Gasteiger charge is -2.17. The van der Waals surface area contributed by atoms with Crippen molar-refractivity contribution in [3.63, 3.8) is 0 Å². The predicted octanol–water partition coefficient (Wildman–Crippen LogP) is 1.51. The molecule has 0 fully saturated rings. The zero-order valence-corrected chi connectivity index (χ0v) is 12.6. The standard InChI is InChI=1S/C11H25ClN2O2S/c1-4-14(5-2)8-6-7-13-17(15,16)10-11(3)9-12/h11,13H,4-10H2,1-3H3. The van der Waals surface area contributed by atoms with Crippen LogP contribution >= 0.6 is 11.6 Å². The number of hydrogen-bond donors (Lipinski definition) is 1. The van der Waals surface area contributed by atoms with E-state index in [1.807, 2.05) is 6.92 Å². The molecular formula is C11H25ClN2O2S. The van der Waals surface area contributed by atoms with Crippen molar-refractivity contribution in [2.45, 2.75) is 27.2 Å². The first-order chi connectivity index (χ1) is 7.95. The minimum absolute atomic E-state index is 0.00283. The summed E-state index contributed by atoms with van der Waals surface area (Å²) < 4.78 is 25.8. The van der Waals surface area contributed by atoms with E-state index in [1.165, 1.54) is 0 Å². The summed E-state index contributed by atoms with van der Waals surface area (Å²) in [6.45, 7) is 9.50. The molecule has 1 unspecified atom stereocenters. The molecule has 6 heteroatoms. The molecule has 0 aliphatic rings. The van der Waals surface area contributed by atoms with Crippen LogP contribution in [0.15, 0.2) is 0 Å². The van der Waals surface area contributed by atoms with Crippen molar-refractivity contribution in [3.05, 3.63) is 0 Å². The molecule has 0 saturated heterocycles. The number of hydrogen-bond acceptors (Lipinski definition) is 3. The molecule has 17 heavy (non-hydrogen) atoms. The van der Waals surface area contributed by atoms with Crippen molar-refractivity contribution in [1.82, 2.24) is 9.62 Å². The Morgan fingerprint density at radius 1 is 1.29 bits per heavy atom. The van der Waals surface area contributed by atoms with Gasteiger partial charge in [0.2, 0.25) is 10.0 Å². The van der Waals surface area contributed by atoms with E-state index in [0.29, 0.717) is 12.4 Å². The third-order valence-electron chi connectivity index (χ3n) is 2.63. The number of nitrogens with zero attached hydrogens (tertiary/aromatic N) is 1. The summed E-state index contributed by atoms with van der Waals surface area (Å²) in [6.07, 6.45) is 0.843. The van der Waals surface area contributed by atoms with Crippen LogP contribution in [0.2, 0.25) is 0 Å². The highest BCUT2D eigenvalue weighted by Crippen LogP contribution is 2.02. The van der Waals surface area contributed by atoms with Gasteiger partial charge in [-0.3, -0.25) is 0 Å². The minimum Gasteiger partial charge on any atom is -0.304 e. The molecule has 0 radical (unpaired) electrons. The van der Waals surface area contributed by atoms with Gasteiger partial charge in [0.15, 0.2) is 0 Å². The number of alkyl halides is 1. The first-order valence-corrected chi connectivity index (χ1v) is 8.39. The van der Waals surface area contributed by atoms with E-state index in [-0.39, 0.29) is 11.7 Å². The molecule has 1 atom stereocenters. The monoisotopic (exact) mass is 284 g/mol. The molecule has 0 bridgehead atoms. The zero-order chi connectivity index (χ0) is 13.3. The Hall–Kier alpha value is 0.160. The van der Waals surface area contributed by atoms with Crippen LogP contribution in [0.25, 0.3) is 0 Å². The van der Waals surface area contributed by atoms with Gasteiger partial charge in [0.1, 0.15) is 0 Å². The van der Waals surface area contributed by atoms with Gasteiger partial charge in [-0.1, -0.05) is 20.8 Å². The summed E-state index contributed by atoms with van der Waals surface area (Å²) in [5.41, 5.74) is 0. The lowest BCUT2D eigenvalue weighted by atomic mass is 10.3. The largest absolute Gasteiger partial charge is 0.304 e. The fourth-order valence-corrected chi connectivity index (χ4v) is 3.23. The Labute approximate surface area is 111 Å². The van der Waals surface area contributed by atoms with Crippen molar-refractivity contribution >= 4 is 21.6 Å². The van der Waals surface area contributed by atoms with E-state index >= 15 is 0 Å². The summed E-state index contributed by atoms with van der Waals surface area (Å²) in [5.74, 6) is 0.485. The maximum absolute atomic E-state index is 11.6. The summed E-state index contributed by atoms with van der Waals surface area (Å²) in [5, 5.41) is 0. The SMILES string of the molecule is CCN(CC)CCCNS(=O)(=O)CC(C)CCl. The van der Waals surface area contributed by atoms with Crippen LogP contribution in [0.4, 0.5) is 0 Å². The first-order valence-electron chi connectivity index (χ1n) is 6.20. The Bertz CT molecular complexity index is 279. The smallest absolute Gasteiger partial charge is 0.211 e. The van der Waals surface area contributed by atoms with Crippen LogP contribution in [0.1, 0.15) is 27.2 Å². The predicted molar refractivity (Wildman–Crippen MR) is 74.1 cm³/mol. The summed E-state index contributed by atoms with van der Waals surface area (Å²) >= 11 is 5.60. The van der Waals surface area contributed by atoms with E-state index in [4.69, 9.17) is 11.6 Å². The Kier molecular flexibility index (Phi) is 9.22. The second-order valence-electron chi connectivity index (χ2n) is 4.32. The molecule has 0 spiro atoms. The summed E-state index contributed by atoms with van der Waals surface area (Å²) in [6, 6.07) is 0. The molecule has 0 heterocycles. The van der Waals surface area contributed by atoms with Crippen molar-refractivity contribution < 1.29 is 8.42 Å². The van der Waals surface area contributed by atoms with Gasteiger partial charge in [-0.25, -0.2) is 13.1 Å². The molecule has 104 valence electrons. The quantitative estimate of drug-likeness (QED) is 0.489. The molecule has 0 aromatic heterocycles. The van der Waals surface area contributed by atoms with Gasteiger partial charge >= 0.3 is 0 Å². The lowest BCUT2D eigenvalue weighted by molar-refractivity contribution is 0.300. The van der Waals surface area contributed by atoms with Gasteiger partial charge in [0, 0.05) is 12.4 Å². The van der Waals surface area contributed by atoms with Gasteiger partial charge in [-0.15, -0.1) is 11.6 Å². The van der Waals surface area contributed by atoms with Crippen molar-refractivity contribution in [2.75, 3.05) is 37.8 Å². The van der Waals surface area contributed by atoms with Gasteiger partial charge < -0.3 is 4.90 Å². The van der Waals surface area contributed by atoms with E-state index in [2.05, 4.69) is 23.5 Å². The highest BCUT2D eigenvalue weighted by Gasteiger charge is 2.14. The molecule has 0 amide bonds. The van der Waals surface area contributed by atoms with Crippen LogP contribution in [0.5, 0.6) is 0 Å². The van der Waals surface area contributed by atoms with Crippen LogP contribution < -0.4 is 4.72 Å². The van der Waals surface area contributed by atoms with Crippen molar-refractivity contribution in [2.24, 2.45) is 5.92 Å². The average Bonchev–Trinajstić information content (AvgIpc) is 2.28. The zero-order valence-electron chi connectivity index (χ0n) is 11.1. The Morgan fingerprint density at radius 2 is 1.88 bits per heavy atom. The fourth-order valence-electron chi connectivity index (χ4n) is 1.55. The number of halogens is 1. The molecule has 0 aliphatic carbocycles. The summed E-state index contributed by atoms with van der Waals surface area (Å²) in [7, 11) is -3.16. The van der Waals surface area contributed by atoms with Crippen molar-refractivity contribution in [3.8, 4) is 0 Å². The molecule has 0 rings (SSSR count). The highest BCUT2D eigenvalue weighted by atomic mass is 35.5. The Morgan fingerprint density at radius 3 is 2.35 bits per heavy atom. The van der Waals surface area contributed by atoms with E-state index in [1.54, 1.807) is 0 Å². The van der Waals surface area contributed by atoms with Crippen LogP contribution in [-0.4, -0.2) is 51.1 Å². The van der Waals surface area contributed by atoms with Gasteiger partial charge in [-0.2, -0.15) is 0 Å². The normalized spacial score (nSPS) is 14.2. The number of sulfonamides is 1. The van der Waals surface area contributed by atoms with E-state index < -0.39 is 10.0 Å². The van der Waals surface area contributed by atoms with E-state index in [0.717, 1.165) is 26.1 Å². The van der Waals surface area contributed by atoms with Crippen LogP contribution in [0, 0.1) is 5.92 Å².